The van der Waals surface area contributed by atoms with Gasteiger partial charge in [-0.3, -0.25) is 19.7 Å². The van der Waals surface area contributed by atoms with E-state index >= 15 is 0 Å². The van der Waals surface area contributed by atoms with Gasteiger partial charge in [0.2, 0.25) is 5.91 Å². The minimum atomic E-state index is -0.460. The standard InChI is InChI=1S/C11H9N3O3/c12-8-4-14(11(8)17)5-1-2-6-7(3-5)10(16)13-9(6)15/h1-3,8H,4,12H2,(H,13,15,16). The fraction of sp³-hybridized carbons (Fsp3) is 0.182. The Hall–Kier alpha value is -2.21. The summed E-state index contributed by atoms with van der Waals surface area (Å²) in [7, 11) is 0. The summed E-state index contributed by atoms with van der Waals surface area (Å²) in [6.07, 6.45) is 0. The van der Waals surface area contributed by atoms with Crippen LogP contribution in [0.15, 0.2) is 18.2 Å². The Bertz CT molecular complexity index is 567. The minimum Gasteiger partial charge on any atom is -0.318 e. The van der Waals surface area contributed by atoms with Gasteiger partial charge in [-0.05, 0) is 18.2 Å². The lowest BCUT2D eigenvalue weighted by atomic mass is 10.0. The maximum Gasteiger partial charge on any atom is 0.259 e. The number of β-lactam (4-membered cyclic amide) rings is 1. The lowest BCUT2D eigenvalue weighted by Gasteiger charge is -2.36. The summed E-state index contributed by atoms with van der Waals surface area (Å²) in [6, 6.07) is 4.26. The molecule has 3 N–H and O–H groups in total. The molecule has 1 unspecified atom stereocenters. The molecule has 0 aliphatic carbocycles. The molecule has 0 spiro atoms. The van der Waals surface area contributed by atoms with Crippen molar-refractivity contribution in [2.75, 3.05) is 11.4 Å². The van der Waals surface area contributed by atoms with Gasteiger partial charge in [0.1, 0.15) is 6.04 Å². The van der Waals surface area contributed by atoms with Crippen LogP contribution in [0.1, 0.15) is 20.7 Å². The molecule has 3 amide bonds. The van der Waals surface area contributed by atoms with Crippen LogP contribution in [0.2, 0.25) is 0 Å². The molecule has 0 radical (unpaired) electrons. The molecule has 2 aliphatic heterocycles. The number of fused-ring (bicyclic) bond motifs is 1. The summed E-state index contributed by atoms with van der Waals surface area (Å²) in [6.45, 7) is 0.438. The van der Waals surface area contributed by atoms with Gasteiger partial charge in [0, 0.05) is 5.69 Å². The number of nitrogens with two attached hydrogens (primary N) is 1. The zero-order valence-corrected chi connectivity index (χ0v) is 8.77. The van der Waals surface area contributed by atoms with Gasteiger partial charge in [0.05, 0.1) is 17.7 Å². The lowest BCUT2D eigenvalue weighted by molar-refractivity contribution is -0.123. The second kappa shape index (κ2) is 3.14. The number of carbonyl (C=O) groups is 3. The number of amides is 3. The second-order valence-corrected chi connectivity index (χ2v) is 4.07. The Kier molecular flexibility index (Phi) is 1.84. The summed E-state index contributed by atoms with van der Waals surface area (Å²) in [5, 5.41) is 2.20. The Morgan fingerprint density at radius 3 is 2.53 bits per heavy atom. The van der Waals surface area contributed by atoms with E-state index in [0.29, 0.717) is 23.4 Å². The van der Waals surface area contributed by atoms with Gasteiger partial charge in [-0.1, -0.05) is 0 Å². The van der Waals surface area contributed by atoms with Crippen molar-refractivity contribution in [1.29, 1.82) is 0 Å². The molecule has 1 fully saturated rings. The van der Waals surface area contributed by atoms with Gasteiger partial charge in [-0.15, -0.1) is 0 Å². The molecule has 3 rings (SSSR count). The number of rotatable bonds is 1. The Labute approximate surface area is 96.4 Å². The van der Waals surface area contributed by atoms with Crippen LogP contribution in [0.25, 0.3) is 0 Å². The third-order valence-electron chi connectivity index (χ3n) is 2.99. The van der Waals surface area contributed by atoms with Crippen molar-refractivity contribution in [2.24, 2.45) is 5.73 Å². The van der Waals surface area contributed by atoms with E-state index < -0.39 is 17.9 Å². The van der Waals surface area contributed by atoms with Crippen molar-refractivity contribution < 1.29 is 14.4 Å². The van der Waals surface area contributed by atoms with Crippen LogP contribution in [0, 0.1) is 0 Å². The molecule has 1 aromatic carbocycles. The highest BCUT2D eigenvalue weighted by atomic mass is 16.2. The quantitative estimate of drug-likeness (QED) is 0.491. The maximum atomic E-state index is 11.4. The average Bonchev–Trinajstić information content (AvgIpc) is 2.61. The largest absolute Gasteiger partial charge is 0.318 e. The summed E-state index contributed by atoms with van der Waals surface area (Å²) in [4.78, 5) is 35.7. The highest BCUT2D eigenvalue weighted by Gasteiger charge is 2.36. The Balaban J connectivity index is 2.00. The smallest absolute Gasteiger partial charge is 0.259 e. The zero-order valence-electron chi connectivity index (χ0n) is 8.77. The molecular weight excluding hydrogens is 222 g/mol. The van der Waals surface area contributed by atoms with Crippen molar-refractivity contribution in [3.8, 4) is 0 Å². The number of carbonyl (C=O) groups excluding carboxylic acids is 3. The fourth-order valence-electron chi connectivity index (χ4n) is 2.01. The first-order chi connectivity index (χ1) is 8.08. The number of hydrogen-bond acceptors (Lipinski definition) is 4. The summed E-state index contributed by atoms with van der Waals surface area (Å²) in [5.74, 6) is -0.998. The molecule has 1 aromatic rings. The van der Waals surface area contributed by atoms with Crippen LogP contribution in [-0.2, 0) is 4.79 Å². The van der Waals surface area contributed by atoms with Crippen LogP contribution < -0.4 is 16.0 Å². The van der Waals surface area contributed by atoms with Gasteiger partial charge in [0.15, 0.2) is 0 Å². The van der Waals surface area contributed by atoms with Crippen LogP contribution >= 0.6 is 0 Å². The van der Waals surface area contributed by atoms with Gasteiger partial charge in [-0.2, -0.15) is 0 Å². The lowest BCUT2D eigenvalue weighted by Crippen LogP contribution is -2.61. The van der Waals surface area contributed by atoms with E-state index in [-0.39, 0.29) is 5.91 Å². The molecule has 0 aromatic heterocycles. The second-order valence-electron chi connectivity index (χ2n) is 4.07. The highest BCUT2D eigenvalue weighted by Crippen LogP contribution is 2.26. The van der Waals surface area contributed by atoms with Crippen LogP contribution in [-0.4, -0.2) is 30.3 Å². The fourth-order valence-corrected chi connectivity index (χ4v) is 2.01. The normalized spacial score (nSPS) is 22.3. The van der Waals surface area contributed by atoms with E-state index in [1.807, 2.05) is 0 Å². The van der Waals surface area contributed by atoms with E-state index in [1.165, 1.54) is 4.90 Å². The number of nitrogens with zero attached hydrogens (tertiary/aromatic N) is 1. The Morgan fingerprint density at radius 1 is 1.18 bits per heavy atom. The van der Waals surface area contributed by atoms with Crippen molar-refractivity contribution in [1.82, 2.24) is 5.32 Å². The topological polar surface area (TPSA) is 92.5 Å². The van der Waals surface area contributed by atoms with E-state index in [2.05, 4.69) is 5.32 Å². The van der Waals surface area contributed by atoms with Gasteiger partial charge in [0.25, 0.3) is 11.8 Å². The maximum absolute atomic E-state index is 11.4. The van der Waals surface area contributed by atoms with Gasteiger partial charge in [-0.25, -0.2) is 0 Å². The molecule has 1 atom stereocenters. The number of anilines is 1. The number of benzene rings is 1. The predicted octanol–water partition coefficient (Wildman–Crippen LogP) is -0.756. The molecule has 6 nitrogen and oxygen atoms in total. The third kappa shape index (κ3) is 1.27. The summed E-state index contributed by atoms with van der Waals surface area (Å²) >= 11 is 0. The molecule has 1 saturated heterocycles. The first-order valence-corrected chi connectivity index (χ1v) is 5.14. The number of nitrogens with one attached hydrogen (secondary N) is 1. The van der Waals surface area contributed by atoms with Crippen molar-refractivity contribution in [3.05, 3.63) is 29.3 Å². The van der Waals surface area contributed by atoms with Crippen LogP contribution in [0.5, 0.6) is 0 Å². The molecule has 17 heavy (non-hydrogen) atoms. The first kappa shape index (κ1) is 9.98. The molecule has 2 aliphatic rings. The molecule has 0 saturated carbocycles. The Morgan fingerprint density at radius 2 is 1.88 bits per heavy atom. The SMILES string of the molecule is NC1CN(c2ccc3c(c2)C(=O)NC3=O)C1=O. The van der Waals surface area contributed by atoms with Gasteiger partial charge < -0.3 is 10.6 Å². The van der Waals surface area contributed by atoms with Crippen molar-refractivity contribution >= 4 is 23.4 Å². The molecule has 0 bridgehead atoms. The highest BCUT2D eigenvalue weighted by molar-refractivity contribution is 6.22. The molecule has 6 heteroatoms. The van der Waals surface area contributed by atoms with E-state index in [0.717, 1.165) is 0 Å². The van der Waals surface area contributed by atoms with Crippen LogP contribution in [0.3, 0.4) is 0 Å². The summed E-state index contributed by atoms with van der Waals surface area (Å²) < 4.78 is 0. The third-order valence-corrected chi connectivity index (χ3v) is 2.99. The predicted molar refractivity (Wildman–Crippen MR) is 58.6 cm³/mol. The van der Waals surface area contributed by atoms with Crippen molar-refractivity contribution in [3.63, 3.8) is 0 Å². The average molecular weight is 231 g/mol. The van der Waals surface area contributed by atoms with E-state index in [4.69, 9.17) is 5.73 Å². The van der Waals surface area contributed by atoms with Crippen LogP contribution in [0.4, 0.5) is 5.69 Å². The molecular formula is C11H9N3O3. The van der Waals surface area contributed by atoms with E-state index in [9.17, 15) is 14.4 Å². The first-order valence-electron chi connectivity index (χ1n) is 5.14. The van der Waals surface area contributed by atoms with E-state index in [1.54, 1.807) is 18.2 Å². The zero-order chi connectivity index (χ0) is 12.2. The minimum absolute atomic E-state index is 0.172. The van der Waals surface area contributed by atoms with Crippen molar-refractivity contribution in [2.45, 2.75) is 6.04 Å². The molecule has 2 heterocycles. The molecule has 86 valence electrons. The summed E-state index contributed by atoms with van der Waals surface area (Å²) in [5.41, 5.74) is 6.73. The number of hydrogen-bond donors (Lipinski definition) is 2. The monoisotopic (exact) mass is 231 g/mol. The van der Waals surface area contributed by atoms with Gasteiger partial charge >= 0.3 is 0 Å². The number of imide groups is 1.